The van der Waals surface area contributed by atoms with E-state index in [0.717, 1.165) is 25.8 Å². The van der Waals surface area contributed by atoms with E-state index in [2.05, 4.69) is 48.5 Å². The van der Waals surface area contributed by atoms with Crippen LogP contribution in [0, 0.1) is 0 Å². The molecule has 20 heavy (non-hydrogen) atoms. The molecule has 112 valence electrons. The Bertz CT molecular complexity index is 381. The summed E-state index contributed by atoms with van der Waals surface area (Å²) in [6, 6.07) is 11.0. The fraction of sp³-hybridized carbons (Fsp3) is 0.562. The molecule has 0 aliphatic rings. The van der Waals surface area contributed by atoms with Crippen molar-refractivity contribution in [1.82, 2.24) is 10.2 Å². The van der Waals surface area contributed by atoms with Crippen LogP contribution >= 0.6 is 0 Å². The van der Waals surface area contributed by atoms with Crippen LogP contribution in [0.1, 0.15) is 25.3 Å². The van der Waals surface area contributed by atoms with Crippen molar-refractivity contribution in [3.63, 3.8) is 0 Å². The van der Waals surface area contributed by atoms with Crippen molar-refractivity contribution in [2.75, 3.05) is 27.2 Å². The van der Waals surface area contributed by atoms with Crippen LogP contribution in [0.15, 0.2) is 30.3 Å². The third-order valence-electron chi connectivity index (χ3n) is 3.54. The van der Waals surface area contributed by atoms with Crippen LogP contribution in [-0.4, -0.2) is 44.3 Å². The lowest BCUT2D eigenvalue weighted by molar-refractivity contribution is 0.131. The standard InChI is InChI=1S/C16H26N2O2/c1-14(11-13-20-16(19)17-2)18(3)12-7-10-15-8-5-4-6-9-15/h4-6,8-9,14H,7,10-13H2,1-3H3,(H,17,19). The zero-order valence-corrected chi connectivity index (χ0v) is 12.8. The highest BCUT2D eigenvalue weighted by atomic mass is 16.5. The molecular formula is C16H26N2O2. The molecule has 1 amide bonds. The van der Waals surface area contributed by atoms with Gasteiger partial charge in [0.05, 0.1) is 6.61 Å². The number of hydrogen-bond donors (Lipinski definition) is 1. The molecule has 0 saturated heterocycles. The molecule has 0 aromatic heterocycles. The lowest BCUT2D eigenvalue weighted by Crippen LogP contribution is -2.32. The van der Waals surface area contributed by atoms with E-state index in [-0.39, 0.29) is 6.09 Å². The lowest BCUT2D eigenvalue weighted by atomic mass is 10.1. The number of ether oxygens (including phenoxy) is 1. The Labute approximate surface area is 122 Å². The Morgan fingerprint density at radius 3 is 2.70 bits per heavy atom. The van der Waals surface area contributed by atoms with Crippen molar-refractivity contribution < 1.29 is 9.53 Å². The van der Waals surface area contributed by atoms with Crippen LogP contribution in [0.3, 0.4) is 0 Å². The van der Waals surface area contributed by atoms with E-state index in [1.807, 2.05) is 6.07 Å². The lowest BCUT2D eigenvalue weighted by Gasteiger charge is -2.24. The molecule has 0 fully saturated rings. The Morgan fingerprint density at radius 1 is 1.35 bits per heavy atom. The van der Waals surface area contributed by atoms with Gasteiger partial charge in [0.1, 0.15) is 0 Å². The molecule has 1 N–H and O–H groups in total. The summed E-state index contributed by atoms with van der Waals surface area (Å²) in [4.78, 5) is 13.3. The fourth-order valence-corrected chi connectivity index (χ4v) is 2.01. The molecule has 0 bridgehead atoms. The number of benzene rings is 1. The maximum Gasteiger partial charge on any atom is 0.406 e. The molecule has 0 aliphatic heterocycles. The summed E-state index contributed by atoms with van der Waals surface area (Å²) >= 11 is 0. The number of alkyl carbamates (subject to hydrolysis) is 1. The summed E-state index contributed by atoms with van der Waals surface area (Å²) in [5.41, 5.74) is 1.39. The van der Waals surface area contributed by atoms with E-state index in [4.69, 9.17) is 4.74 Å². The highest BCUT2D eigenvalue weighted by Crippen LogP contribution is 2.06. The van der Waals surface area contributed by atoms with Crippen molar-refractivity contribution in [3.8, 4) is 0 Å². The van der Waals surface area contributed by atoms with Gasteiger partial charge in [0, 0.05) is 13.1 Å². The number of rotatable bonds is 8. The van der Waals surface area contributed by atoms with Gasteiger partial charge in [-0.1, -0.05) is 30.3 Å². The van der Waals surface area contributed by atoms with E-state index < -0.39 is 0 Å². The van der Waals surface area contributed by atoms with E-state index >= 15 is 0 Å². The molecule has 0 heterocycles. The van der Waals surface area contributed by atoms with Gasteiger partial charge in [-0.2, -0.15) is 0 Å². The second-order valence-corrected chi connectivity index (χ2v) is 5.09. The predicted octanol–water partition coefficient (Wildman–Crippen LogP) is 2.69. The number of nitrogens with zero attached hydrogens (tertiary/aromatic N) is 1. The topological polar surface area (TPSA) is 41.6 Å². The number of carbonyl (C=O) groups excluding carboxylic acids is 1. The Kier molecular flexibility index (Phi) is 7.73. The third-order valence-corrected chi connectivity index (χ3v) is 3.54. The number of amides is 1. The SMILES string of the molecule is CNC(=O)OCCC(C)N(C)CCCc1ccccc1. The Hall–Kier alpha value is -1.55. The van der Waals surface area contributed by atoms with E-state index in [1.165, 1.54) is 5.56 Å². The fourth-order valence-electron chi connectivity index (χ4n) is 2.01. The van der Waals surface area contributed by atoms with Crippen molar-refractivity contribution in [3.05, 3.63) is 35.9 Å². The van der Waals surface area contributed by atoms with Crippen LogP contribution < -0.4 is 5.32 Å². The maximum absolute atomic E-state index is 10.9. The minimum Gasteiger partial charge on any atom is -0.450 e. The van der Waals surface area contributed by atoms with Crippen LogP contribution in [-0.2, 0) is 11.2 Å². The summed E-state index contributed by atoms with van der Waals surface area (Å²) in [5, 5.41) is 2.45. The number of carbonyl (C=O) groups is 1. The second-order valence-electron chi connectivity index (χ2n) is 5.09. The van der Waals surface area contributed by atoms with Gasteiger partial charge >= 0.3 is 6.09 Å². The third kappa shape index (κ3) is 6.57. The molecule has 1 atom stereocenters. The van der Waals surface area contributed by atoms with E-state index in [1.54, 1.807) is 7.05 Å². The van der Waals surface area contributed by atoms with Crippen LogP contribution in [0.25, 0.3) is 0 Å². The first-order valence-corrected chi connectivity index (χ1v) is 7.22. The zero-order chi connectivity index (χ0) is 14.8. The van der Waals surface area contributed by atoms with Crippen molar-refractivity contribution in [2.45, 2.75) is 32.2 Å². The van der Waals surface area contributed by atoms with E-state index in [9.17, 15) is 4.79 Å². The summed E-state index contributed by atoms with van der Waals surface area (Å²) in [6.07, 6.45) is 2.74. The van der Waals surface area contributed by atoms with Gasteiger partial charge in [-0.25, -0.2) is 4.79 Å². The number of aryl methyl sites for hydroxylation is 1. The largest absolute Gasteiger partial charge is 0.450 e. The predicted molar refractivity (Wildman–Crippen MR) is 81.9 cm³/mol. The molecule has 0 aliphatic carbocycles. The average Bonchev–Trinajstić information content (AvgIpc) is 2.47. The van der Waals surface area contributed by atoms with Crippen molar-refractivity contribution in [2.24, 2.45) is 0 Å². The molecule has 1 aromatic carbocycles. The first-order valence-electron chi connectivity index (χ1n) is 7.22. The molecular weight excluding hydrogens is 252 g/mol. The highest BCUT2D eigenvalue weighted by Gasteiger charge is 2.09. The van der Waals surface area contributed by atoms with Gasteiger partial charge in [0.15, 0.2) is 0 Å². The highest BCUT2D eigenvalue weighted by molar-refractivity contribution is 5.66. The Balaban J connectivity index is 2.15. The summed E-state index contributed by atoms with van der Waals surface area (Å²) in [5.74, 6) is 0. The van der Waals surface area contributed by atoms with Gasteiger partial charge < -0.3 is 15.0 Å². The first-order chi connectivity index (χ1) is 9.63. The van der Waals surface area contributed by atoms with Crippen LogP contribution in [0.2, 0.25) is 0 Å². The smallest absolute Gasteiger partial charge is 0.406 e. The van der Waals surface area contributed by atoms with Crippen molar-refractivity contribution in [1.29, 1.82) is 0 Å². The molecule has 1 rings (SSSR count). The normalized spacial score (nSPS) is 12.2. The van der Waals surface area contributed by atoms with Gasteiger partial charge in [-0.15, -0.1) is 0 Å². The maximum atomic E-state index is 10.9. The van der Waals surface area contributed by atoms with Crippen LogP contribution in [0.5, 0.6) is 0 Å². The molecule has 0 radical (unpaired) electrons. The first kappa shape index (κ1) is 16.5. The van der Waals surface area contributed by atoms with Gasteiger partial charge in [0.25, 0.3) is 0 Å². The van der Waals surface area contributed by atoms with E-state index in [0.29, 0.717) is 12.6 Å². The second kappa shape index (κ2) is 9.37. The summed E-state index contributed by atoms with van der Waals surface area (Å²) < 4.78 is 5.01. The van der Waals surface area contributed by atoms with Crippen molar-refractivity contribution >= 4 is 6.09 Å². The van der Waals surface area contributed by atoms with Crippen LogP contribution in [0.4, 0.5) is 4.79 Å². The van der Waals surface area contributed by atoms with Gasteiger partial charge in [-0.3, -0.25) is 0 Å². The average molecular weight is 278 g/mol. The van der Waals surface area contributed by atoms with Gasteiger partial charge in [0.2, 0.25) is 0 Å². The zero-order valence-electron chi connectivity index (χ0n) is 12.8. The molecule has 1 unspecified atom stereocenters. The molecule has 0 spiro atoms. The molecule has 1 aromatic rings. The Morgan fingerprint density at radius 2 is 2.05 bits per heavy atom. The number of nitrogens with one attached hydrogen (secondary N) is 1. The summed E-state index contributed by atoms with van der Waals surface area (Å²) in [6.45, 7) is 3.68. The number of hydrogen-bond acceptors (Lipinski definition) is 3. The quantitative estimate of drug-likeness (QED) is 0.795. The minimum absolute atomic E-state index is 0.357. The molecule has 0 saturated carbocycles. The van der Waals surface area contributed by atoms with Gasteiger partial charge in [-0.05, 0) is 45.3 Å². The minimum atomic E-state index is -0.357. The molecule has 4 nitrogen and oxygen atoms in total. The summed E-state index contributed by atoms with van der Waals surface area (Å²) in [7, 11) is 3.69. The molecule has 4 heteroatoms. The monoisotopic (exact) mass is 278 g/mol.